The van der Waals surface area contributed by atoms with E-state index in [-0.39, 0.29) is 28.4 Å². The summed E-state index contributed by atoms with van der Waals surface area (Å²) in [7, 11) is 0. The molecular formula is C18H13F4N3O2. The summed E-state index contributed by atoms with van der Waals surface area (Å²) >= 11 is 0. The molecule has 1 fully saturated rings. The summed E-state index contributed by atoms with van der Waals surface area (Å²) in [4.78, 5) is 8.57. The maximum Gasteiger partial charge on any atom is 0.586 e. The van der Waals surface area contributed by atoms with Crippen LogP contribution in [-0.2, 0) is 0 Å². The van der Waals surface area contributed by atoms with Crippen LogP contribution in [-0.4, -0.2) is 20.8 Å². The van der Waals surface area contributed by atoms with Crippen LogP contribution in [0.15, 0.2) is 24.4 Å². The number of ether oxygens (including phenoxy) is 2. The molecule has 1 aromatic carbocycles. The molecule has 2 aromatic heterocycles. The third-order valence-corrected chi connectivity index (χ3v) is 4.77. The van der Waals surface area contributed by atoms with Gasteiger partial charge in [-0.15, -0.1) is 8.78 Å². The van der Waals surface area contributed by atoms with E-state index in [0.717, 1.165) is 30.0 Å². The van der Waals surface area contributed by atoms with Gasteiger partial charge in [-0.3, -0.25) is 9.55 Å². The van der Waals surface area contributed by atoms with E-state index in [2.05, 4.69) is 19.4 Å². The van der Waals surface area contributed by atoms with Crippen LogP contribution in [0.3, 0.4) is 0 Å². The first-order valence-electron chi connectivity index (χ1n) is 8.39. The number of pyridine rings is 1. The zero-order chi connectivity index (χ0) is 18.9. The Morgan fingerprint density at radius 3 is 2.48 bits per heavy atom. The van der Waals surface area contributed by atoms with E-state index in [4.69, 9.17) is 0 Å². The molecule has 0 saturated heterocycles. The summed E-state index contributed by atoms with van der Waals surface area (Å²) in [6.45, 7) is -1.15. The number of alkyl halides is 4. The summed E-state index contributed by atoms with van der Waals surface area (Å²) in [6, 6.07) is 4.19. The Morgan fingerprint density at radius 2 is 1.85 bits per heavy atom. The molecule has 0 bridgehead atoms. The van der Waals surface area contributed by atoms with Crippen LogP contribution in [0.4, 0.5) is 17.6 Å². The first-order valence-corrected chi connectivity index (χ1v) is 8.39. The maximum atomic E-state index is 13.8. The number of aromatic nitrogens is 3. The normalized spacial score (nSPS) is 17.9. The van der Waals surface area contributed by atoms with Gasteiger partial charge in [-0.25, -0.2) is 4.98 Å². The number of nitrogens with zero attached hydrogens (tertiary/aromatic N) is 3. The molecule has 0 radical (unpaired) electrons. The van der Waals surface area contributed by atoms with Crippen molar-refractivity contribution in [2.75, 3.05) is 0 Å². The average molecular weight is 379 g/mol. The van der Waals surface area contributed by atoms with Gasteiger partial charge in [0.2, 0.25) is 0 Å². The van der Waals surface area contributed by atoms with Gasteiger partial charge in [0.05, 0.1) is 11.0 Å². The highest BCUT2D eigenvalue weighted by molar-refractivity contribution is 5.84. The van der Waals surface area contributed by atoms with Crippen LogP contribution in [0.5, 0.6) is 11.5 Å². The Kier molecular flexibility index (Phi) is 3.23. The summed E-state index contributed by atoms with van der Waals surface area (Å²) in [5.74, 6) is -0.102. The van der Waals surface area contributed by atoms with Crippen molar-refractivity contribution in [3.63, 3.8) is 0 Å². The van der Waals surface area contributed by atoms with Crippen molar-refractivity contribution in [1.82, 2.24) is 14.5 Å². The lowest BCUT2D eigenvalue weighted by Gasteiger charge is -2.10. The molecule has 0 spiro atoms. The molecule has 5 nitrogen and oxygen atoms in total. The van der Waals surface area contributed by atoms with Crippen molar-refractivity contribution < 1.29 is 27.0 Å². The van der Waals surface area contributed by atoms with Gasteiger partial charge in [0.1, 0.15) is 5.69 Å². The number of hydrogen-bond donors (Lipinski definition) is 0. The van der Waals surface area contributed by atoms with E-state index in [1.54, 1.807) is 13.1 Å². The fraction of sp³-hybridized carbons (Fsp3) is 0.333. The molecule has 5 rings (SSSR count). The second-order valence-corrected chi connectivity index (χ2v) is 6.75. The second kappa shape index (κ2) is 5.34. The van der Waals surface area contributed by atoms with Gasteiger partial charge in [-0.2, -0.15) is 8.78 Å². The zero-order valence-electron chi connectivity index (χ0n) is 14.0. The van der Waals surface area contributed by atoms with Gasteiger partial charge in [0.25, 0.3) is 0 Å². The molecule has 0 unspecified atom stereocenters. The van der Waals surface area contributed by atoms with Crippen molar-refractivity contribution in [3.05, 3.63) is 35.5 Å². The van der Waals surface area contributed by atoms with Crippen LogP contribution >= 0.6 is 0 Å². The molecule has 3 aromatic rings. The SMILES string of the molecule is Cc1cc(C2CC2)cnc1-c1nc2cc3c(cc2n1C(F)F)OC(F)(F)O3. The van der Waals surface area contributed by atoms with Gasteiger partial charge >= 0.3 is 12.8 Å². The highest BCUT2D eigenvalue weighted by atomic mass is 19.3. The summed E-state index contributed by atoms with van der Waals surface area (Å²) in [5, 5.41) is 0. The number of fused-ring (bicyclic) bond motifs is 2. The minimum atomic E-state index is -3.82. The molecule has 27 heavy (non-hydrogen) atoms. The van der Waals surface area contributed by atoms with E-state index >= 15 is 0 Å². The number of aryl methyl sites for hydroxylation is 1. The van der Waals surface area contributed by atoms with E-state index in [1.165, 1.54) is 6.07 Å². The lowest BCUT2D eigenvalue weighted by atomic mass is 10.1. The topological polar surface area (TPSA) is 49.2 Å². The largest absolute Gasteiger partial charge is 0.586 e. The smallest absolute Gasteiger partial charge is 0.395 e. The van der Waals surface area contributed by atoms with Crippen molar-refractivity contribution in [1.29, 1.82) is 0 Å². The second-order valence-electron chi connectivity index (χ2n) is 6.75. The van der Waals surface area contributed by atoms with Gasteiger partial charge in [0, 0.05) is 18.3 Å². The molecule has 1 aliphatic carbocycles. The average Bonchev–Trinajstić information content (AvgIpc) is 3.29. The van der Waals surface area contributed by atoms with Crippen molar-refractivity contribution in [2.24, 2.45) is 0 Å². The first-order chi connectivity index (χ1) is 12.8. The van der Waals surface area contributed by atoms with E-state index in [0.29, 0.717) is 16.2 Å². The Balaban J connectivity index is 1.68. The molecule has 9 heteroatoms. The number of halogens is 4. The Morgan fingerprint density at radius 1 is 1.15 bits per heavy atom. The predicted molar refractivity (Wildman–Crippen MR) is 87.1 cm³/mol. The van der Waals surface area contributed by atoms with Crippen molar-refractivity contribution in [3.8, 4) is 23.0 Å². The number of rotatable bonds is 3. The summed E-state index contributed by atoms with van der Waals surface area (Å²) in [6.07, 6.45) is 0.0662. The maximum absolute atomic E-state index is 13.8. The Hall–Kier alpha value is -2.84. The summed E-state index contributed by atoms with van der Waals surface area (Å²) < 4.78 is 63.5. The minimum Gasteiger partial charge on any atom is -0.395 e. The molecule has 0 N–H and O–H groups in total. The highest BCUT2D eigenvalue weighted by Crippen LogP contribution is 2.45. The monoisotopic (exact) mass is 379 g/mol. The molecular weight excluding hydrogens is 366 g/mol. The molecule has 3 heterocycles. The number of hydrogen-bond acceptors (Lipinski definition) is 4. The lowest BCUT2D eigenvalue weighted by molar-refractivity contribution is -0.286. The van der Waals surface area contributed by atoms with Crippen LogP contribution < -0.4 is 9.47 Å². The number of imidazole rings is 1. The van der Waals surface area contributed by atoms with Gasteiger partial charge in [0.15, 0.2) is 17.3 Å². The summed E-state index contributed by atoms with van der Waals surface area (Å²) in [5.41, 5.74) is 2.19. The predicted octanol–water partition coefficient (Wildman–Crippen LogP) is 5.00. The van der Waals surface area contributed by atoms with Crippen LogP contribution in [0.25, 0.3) is 22.6 Å². The molecule has 0 amide bonds. The van der Waals surface area contributed by atoms with Gasteiger partial charge < -0.3 is 9.47 Å². The van der Waals surface area contributed by atoms with E-state index in [1.807, 2.05) is 6.07 Å². The Bertz CT molecular complexity index is 1080. The van der Waals surface area contributed by atoms with Crippen LogP contribution in [0.2, 0.25) is 0 Å². The van der Waals surface area contributed by atoms with Crippen LogP contribution in [0, 0.1) is 6.92 Å². The minimum absolute atomic E-state index is 0.0321. The fourth-order valence-electron chi connectivity index (χ4n) is 3.37. The van der Waals surface area contributed by atoms with E-state index < -0.39 is 12.8 Å². The van der Waals surface area contributed by atoms with E-state index in [9.17, 15) is 17.6 Å². The number of benzene rings is 1. The highest BCUT2D eigenvalue weighted by Gasteiger charge is 2.44. The quantitative estimate of drug-likeness (QED) is 0.601. The standard InChI is InChI=1S/C18H13F4N3O2/c1-8-4-10(9-2-3-9)7-23-15(8)16-24-11-5-13-14(27-18(21,22)26-13)6-12(11)25(16)17(19)20/h4-7,9,17H,2-3H2,1H3. The lowest BCUT2D eigenvalue weighted by Crippen LogP contribution is -2.25. The Labute approximate surface area is 150 Å². The molecule has 0 atom stereocenters. The molecule has 1 saturated carbocycles. The molecule has 140 valence electrons. The molecule has 2 aliphatic rings. The first kappa shape index (κ1) is 16.3. The third kappa shape index (κ3) is 2.60. The fourth-order valence-corrected chi connectivity index (χ4v) is 3.37. The van der Waals surface area contributed by atoms with Gasteiger partial charge in [-0.05, 0) is 36.8 Å². The molecule has 1 aliphatic heterocycles. The van der Waals surface area contributed by atoms with Crippen LogP contribution in [0.1, 0.15) is 36.4 Å². The third-order valence-electron chi connectivity index (χ3n) is 4.77. The zero-order valence-corrected chi connectivity index (χ0v) is 14.0. The van der Waals surface area contributed by atoms with Crippen molar-refractivity contribution >= 4 is 11.0 Å². The van der Waals surface area contributed by atoms with Gasteiger partial charge in [-0.1, -0.05) is 6.07 Å². The van der Waals surface area contributed by atoms with Crippen molar-refractivity contribution in [2.45, 2.75) is 38.5 Å².